The summed E-state index contributed by atoms with van der Waals surface area (Å²) in [6, 6.07) is 12.5. The fraction of sp³-hybridized carbons (Fsp3) is 0.353. The van der Waals surface area contributed by atoms with Crippen LogP contribution in [0.3, 0.4) is 0 Å². The van der Waals surface area contributed by atoms with Crippen LogP contribution in [0.2, 0.25) is 0 Å². The number of aromatic nitrogens is 1. The first kappa shape index (κ1) is 15.3. The van der Waals surface area contributed by atoms with E-state index in [4.69, 9.17) is 10.5 Å². The van der Waals surface area contributed by atoms with E-state index in [1.54, 1.807) is 13.3 Å². The lowest BCUT2D eigenvalue weighted by atomic mass is 10.1. The highest BCUT2D eigenvalue weighted by Crippen LogP contribution is 2.19. The van der Waals surface area contributed by atoms with Gasteiger partial charge in [-0.3, -0.25) is 4.90 Å². The number of rotatable bonds is 6. The summed E-state index contributed by atoms with van der Waals surface area (Å²) >= 11 is 0. The van der Waals surface area contributed by atoms with Crippen LogP contribution in [-0.2, 0) is 13.1 Å². The summed E-state index contributed by atoms with van der Waals surface area (Å²) in [6.07, 6.45) is 1.75. The van der Waals surface area contributed by atoms with E-state index in [-0.39, 0.29) is 0 Å². The van der Waals surface area contributed by atoms with Crippen molar-refractivity contribution >= 4 is 5.69 Å². The Balaban J connectivity index is 2.14. The molecule has 0 atom stereocenters. The maximum Gasteiger partial charge on any atom is 0.217 e. The fourth-order valence-electron chi connectivity index (χ4n) is 2.23. The van der Waals surface area contributed by atoms with Crippen LogP contribution < -0.4 is 10.5 Å². The van der Waals surface area contributed by atoms with Crippen LogP contribution >= 0.6 is 0 Å². The molecule has 1 aromatic carbocycles. The van der Waals surface area contributed by atoms with Gasteiger partial charge in [-0.2, -0.15) is 0 Å². The molecule has 21 heavy (non-hydrogen) atoms. The number of ether oxygens (including phenoxy) is 1. The number of nitrogens with zero attached hydrogens (tertiary/aromatic N) is 2. The fourth-order valence-corrected chi connectivity index (χ4v) is 2.23. The monoisotopic (exact) mass is 285 g/mol. The summed E-state index contributed by atoms with van der Waals surface area (Å²) in [5.41, 5.74) is 8.89. The molecule has 0 bridgehead atoms. The molecule has 4 nitrogen and oxygen atoms in total. The minimum atomic E-state index is 0.424. The third kappa shape index (κ3) is 4.20. The number of nitrogens with two attached hydrogens (primary N) is 1. The van der Waals surface area contributed by atoms with Crippen molar-refractivity contribution in [2.45, 2.75) is 33.0 Å². The minimum Gasteiger partial charge on any atom is -0.481 e. The maximum absolute atomic E-state index is 5.74. The number of pyridine rings is 1. The highest BCUT2D eigenvalue weighted by atomic mass is 16.5. The van der Waals surface area contributed by atoms with E-state index in [1.807, 2.05) is 18.2 Å². The lowest BCUT2D eigenvalue weighted by molar-refractivity contribution is 0.200. The SMILES string of the molecule is COc1ncccc1CN(Cc1ccc(N)cc1)C(C)C. The number of anilines is 1. The number of hydrogen-bond acceptors (Lipinski definition) is 4. The maximum atomic E-state index is 5.74. The van der Waals surface area contributed by atoms with E-state index >= 15 is 0 Å². The lowest BCUT2D eigenvalue weighted by Crippen LogP contribution is -2.30. The molecule has 0 aliphatic heterocycles. The van der Waals surface area contributed by atoms with Crippen molar-refractivity contribution in [1.29, 1.82) is 0 Å². The molecular formula is C17H23N3O. The molecule has 0 spiro atoms. The van der Waals surface area contributed by atoms with Crippen molar-refractivity contribution < 1.29 is 4.74 Å². The zero-order valence-corrected chi connectivity index (χ0v) is 12.9. The van der Waals surface area contributed by atoms with Gasteiger partial charge in [-0.25, -0.2) is 4.98 Å². The molecule has 0 saturated heterocycles. The molecule has 0 aliphatic rings. The molecule has 1 aromatic heterocycles. The van der Waals surface area contributed by atoms with Gasteiger partial charge in [0.25, 0.3) is 0 Å². The zero-order chi connectivity index (χ0) is 15.2. The number of nitrogen functional groups attached to an aromatic ring is 1. The van der Waals surface area contributed by atoms with Gasteiger partial charge in [0.15, 0.2) is 0 Å². The zero-order valence-electron chi connectivity index (χ0n) is 12.9. The second kappa shape index (κ2) is 7.09. The number of hydrogen-bond donors (Lipinski definition) is 1. The Morgan fingerprint density at radius 2 is 1.86 bits per heavy atom. The third-order valence-electron chi connectivity index (χ3n) is 3.51. The van der Waals surface area contributed by atoms with Gasteiger partial charge in [0.1, 0.15) is 0 Å². The van der Waals surface area contributed by atoms with Gasteiger partial charge >= 0.3 is 0 Å². The van der Waals surface area contributed by atoms with Crippen molar-refractivity contribution in [3.8, 4) is 5.88 Å². The molecule has 4 heteroatoms. The Labute approximate surface area is 126 Å². The first-order chi connectivity index (χ1) is 10.1. The van der Waals surface area contributed by atoms with Crippen LogP contribution in [-0.4, -0.2) is 23.0 Å². The Morgan fingerprint density at radius 3 is 2.48 bits per heavy atom. The smallest absolute Gasteiger partial charge is 0.217 e. The molecule has 1 heterocycles. The Morgan fingerprint density at radius 1 is 1.14 bits per heavy atom. The Bertz CT molecular complexity index is 567. The molecule has 0 unspecified atom stereocenters. The van der Waals surface area contributed by atoms with Crippen molar-refractivity contribution in [2.75, 3.05) is 12.8 Å². The molecule has 2 rings (SSSR count). The van der Waals surface area contributed by atoms with Crippen LogP contribution in [0.5, 0.6) is 5.88 Å². The van der Waals surface area contributed by atoms with Crippen LogP contribution in [0.25, 0.3) is 0 Å². The molecule has 0 radical (unpaired) electrons. The van der Waals surface area contributed by atoms with Crippen LogP contribution in [0, 0.1) is 0 Å². The van der Waals surface area contributed by atoms with E-state index in [0.717, 1.165) is 24.3 Å². The van der Waals surface area contributed by atoms with Gasteiger partial charge in [-0.05, 0) is 37.6 Å². The molecule has 2 aromatic rings. The second-order valence-electron chi connectivity index (χ2n) is 5.41. The van der Waals surface area contributed by atoms with E-state index in [0.29, 0.717) is 11.9 Å². The van der Waals surface area contributed by atoms with Crippen molar-refractivity contribution in [1.82, 2.24) is 9.88 Å². The first-order valence-electron chi connectivity index (χ1n) is 7.16. The van der Waals surface area contributed by atoms with Crippen molar-refractivity contribution in [2.24, 2.45) is 0 Å². The average Bonchev–Trinajstić information content (AvgIpc) is 2.49. The molecule has 0 aliphatic carbocycles. The summed E-state index contributed by atoms with van der Waals surface area (Å²) in [6.45, 7) is 6.06. The number of benzene rings is 1. The van der Waals surface area contributed by atoms with Gasteiger partial charge in [0.2, 0.25) is 5.88 Å². The molecule has 0 amide bonds. The third-order valence-corrected chi connectivity index (χ3v) is 3.51. The predicted molar refractivity (Wildman–Crippen MR) is 86.0 cm³/mol. The Kier molecular flexibility index (Phi) is 5.17. The van der Waals surface area contributed by atoms with Crippen LogP contribution in [0.4, 0.5) is 5.69 Å². The molecule has 0 fully saturated rings. The van der Waals surface area contributed by atoms with Crippen LogP contribution in [0.15, 0.2) is 42.6 Å². The Hall–Kier alpha value is -2.07. The summed E-state index contributed by atoms with van der Waals surface area (Å²) < 4.78 is 5.34. The first-order valence-corrected chi connectivity index (χ1v) is 7.16. The van der Waals surface area contributed by atoms with Crippen LogP contribution in [0.1, 0.15) is 25.0 Å². The van der Waals surface area contributed by atoms with E-state index < -0.39 is 0 Å². The second-order valence-corrected chi connectivity index (χ2v) is 5.41. The van der Waals surface area contributed by atoms with Gasteiger partial charge in [-0.1, -0.05) is 18.2 Å². The normalized spacial score (nSPS) is 11.1. The molecule has 112 valence electrons. The van der Waals surface area contributed by atoms with E-state index in [2.05, 4.69) is 41.9 Å². The summed E-state index contributed by atoms with van der Waals surface area (Å²) in [7, 11) is 1.66. The molecule has 2 N–H and O–H groups in total. The predicted octanol–water partition coefficient (Wildman–Crippen LogP) is 3.08. The summed E-state index contributed by atoms with van der Waals surface area (Å²) in [5.74, 6) is 0.695. The molecule has 0 saturated carbocycles. The number of methoxy groups -OCH3 is 1. The van der Waals surface area contributed by atoms with Gasteiger partial charge in [-0.15, -0.1) is 0 Å². The average molecular weight is 285 g/mol. The highest BCUT2D eigenvalue weighted by Gasteiger charge is 2.14. The summed E-state index contributed by atoms with van der Waals surface area (Å²) in [4.78, 5) is 6.64. The minimum absolute atomic E-state index is 0.424. The summed E-state index contributed by atoms with van der Waals surface area (Å²) in [5, 5.41) is 0. The van der Waals surface area contributed by atoms with Gasteiger partial charge in [0.05, 0.1) is 7.11 Å². The van der Waals surface area contributed by atoms with Gasteiger partial charge < -0.3 is 10.5 Å². The van der Waals surface area contributed by atoms with Crippen molar-refractivity contribution in [3.63, 3.8) is 0 Å². The largest absolute Gasteiger partial charge is 0.481 e. The quantitative estimate of drug-likeness (QED) is 0.829. The lowest BCUT2D eigenvalue weighted by Gasteiger charge is -2.27. The van der Waals surface area contributed by atoms with E-state index in [1.165, 1.54) is 5.56 Å². The van der Waals surface area contributed by atoms with Gasteiger partial charge in [0, 0.05) is 36.6 Å². The van der Waals surface area contributed by atoms with E-state index in [9.17, 15) is 0 Å². The molecular weight excluding hydrogens is 262 g/mol. The van der Waals surface area contributed by atoms with Crippen molar-refractivity contribution in [3.05, 3.63) is 53.7 Å². The topological polar surface area (TPSA) is 51.4 Å². The standard InChI is InChI=1S/C17H23N3O/c1-13(2)20(11-14-6-8-16(18)9-7-14)12-15-5-4-10-19-17(15)21-3/h4-10,13H,11-12,18H2,1-3H3. The highest BCUT2D eigenvalue weighted by molar-refractivity contribution is 5.39.